The van der Waals surface area contributed by atoms with Gasteiger partial charge in [-0.3, -0.25) is 4.79 Å². The molecule has 5 heteroatoms. The second kappa shape index (κ2) is 7.74. The van der Waals surface area contributed by atoms with Gasteiger partial charge >= 0.3 is 0 Å². The van der Waals surface area contributed by atoms with Crippen LogP contribution >= 0.6 is 0 Å². The summed E-state index contributed by atoms with van der Waals surface area (Å²) in [5.74, 6) is 1.10. The maximum atomic E-state index is 12.7. The number of piperazine rings is 1. The normalized spacial score (nSPS) is 14.6. The van der Waals surface area contributed by atoms with E-state index in [0.29, 0.717) is 13.0 Å². The van der Waals surface area contributed by atoms with Crippen molar-refractivity contribution in [3.05, 3.63) is 60.3 Å². The van der Waals surface area contributed by atoms with Gasteiger partial charge in [0.05, 0.1) is 13.0 Å². The second-order valence-corrected chi connectivity index (χ2v) is 6.83. The van der Waals surface area contributed by atoms with E-state index in [9.17, 15) is 4.79 Å². The van der Waals surface area contributed by atoms with Crippen LogP contribution in [0.15, 0.2) is 54.7 Å². The van der Waals surface area contributed by atoms with E-state index in [-0.39, 0.29) is 5.91 Å². The van der Waals surface area contributed by atoms with E-state index >= 15 is 0 Å². The molecule has 1 aromatic heterocycles. The van der Waals surface area contributed by atoms with Crippen LogP contribution in [0.3, 0.4) is 0 Å². The first-order chi connectivity index (χ1) is 13.2. The fraction of sp³-hybridized carbons (Fsp3) is 0.318. The van der Waals surface area contributed by atoms with Gasteiger partial charge in [0.25, 0.3) is 0 Å². The number of hydrogen-bond donors (Lipinski definition) is 1. The van der Waals surface area contributed by atoms with Crippen molar-refractivity contribution in [3.8, 4) is 5.75 Å². The minimum absolute atomic E-state index is 0.200. The van der Waals surface area contributed by atoms with Crippen molar-refractivity contribution in [1.82, 2.24) is 9.88 Å². The molecule has 3 aromatic rings. The average Bonchev–Trinajstić information content (AvgIpc) is 3.12. The molecule has 4 rings (SSSR count). The first-order valence-electron chi connectivity index (χ1n) is 9.55. The number of benzene rings is 2. The maximum absolute atomic E-state index is 12.7. The summed E-state index contributed by atoms with van der Waals surface area (Å²) in [6.07, 6.45) is 2.41. The van der Waals surface area contributed by atoms with Crippen molar-refractivity contribution in [2.24, 2.45) is 0 Å². The van der Waals surface area contributed by atoms with Gasteiger partial charge in [-0.25, -0.2) is 0 Å². The fourth-order valence-electron chi connectivity index (χ4n) is 3.69. The Hall–Kier alpha value is -2.95. The van der Waals surface area contributed by atoms with Crippen molar-refractivity contribution in [1.29, 1.82) is 0 Å². The quantitative estimate of drug-likeness (QED) is 0.755. The summed E-state index contributed by atoms with van der Waals surface area (Å²) >= 11 is 0. The van der Waals surface area contributed by atoms with E-state index in [2.05, 4.69) is 28.1 Å². The summed E-state index contributed by atoms with van der Waals surface area (Å²) in [6, 6.07) is 16.3. The van der Waals surface area contributed by atoms with Gasteiger partial charge in [-0.05, 0) is 42.8 Å². The monoisotopic (exact) mass is 363 g/mol. The van der Waals surface area contributed by atoms with Gasteiger partial charge in [0.2, 0.25) is 5.91 Å². The lowest BCUT2D eigenvalue weighted by Gasteiger charge is -2.36. The highest BCUT2D eigenvalue weighted by atomic mass is 16.5. The molecule has 0 bridgehead atoms. The summed E-state index contributed by atoms with van der Waals surface area (Å²) in [5, 5.41) is 1.14. The summed E-state index contributed by atoms with van der Waals surface area (Å²) in [5.41, 5.74) is 3.34. The number of carbonyl (C=O) groups excluding carboxylic acids is 1. The zero-order valence-corrected chi connectivity index (χ0v) is 15.6. The van der Waals surface area contributed by atoms with Gasteiger partial charge in [0.1, 0.15) is 5.75 Å². The van der Waals surface area contributed by atoms with Crippen molar-refractivity contribution in [2.75, 3.05) is 37.7 Å². The number of anilines is 1. The number of rotatable bonds is 5. The molecule has 0 unspecified atom stereocenters. The molecular weight excluding hydrogens is 338 g/mol. The molecule has 1 saturated heterocycles. The molecule has 1 amide bonds. The first-order valence-corrected chi connectivity index (χ1v) is 9.55. The van der Waals surface area contributed by atoms with E-state index in [0.717, 1.165) is 48.4 Å². The molecule has 0 radical (unpaired) electrons. The average molecular weight is 363 g/mol. The smallest absolute Gasteiger partial charge is 0.227 e. The van der Waals surface area contributed by atoms with Gasteiger partial charge < -0.3 is 19.5 Å². The van der Waals surface area contributed by atoms with Gasteiger partial charge in [0.15, 0.2) is 0 Å². The maximum Gasteiger partial charge on any atom is 0.227 e. The van der Waals surface area contributed by atoms with E-state index in [4.69, 9.17) is 4.74 Å². The van der Waals surface area contributed by atoms with Crippen LogP contribution < -0.4 is 9.64 Å². The molecule has 1 fully saturated rings. The Morgan fingerprint density at radius 3 is 2.52 bits per heavy atom. The Morgan fingerprint density at radius 2 is 1.78 bits per heavy atom. The van der Waals surface area contributed by atoms with Gasteiger partial charge in [-0.15, -0.1) is 0 Å². The first kappa shape index (κ1) is 17.5. The van der Waals surface area contributed by atoms with Crippen LogP contribution in [0.4, 0.5) is 5.69 Å². The highest BCUT2D eigenvalue weighted by Crippen LogP contribution is 2.22. The van der Waals surface area contributed by atoms with E-state index in [1.165, 1.54) is 5.69 Å². The topological polar surface area (TPSA) is 48.6 Å². The summed E-state index contributed by atoms with van der Waals surface area (Å²) in [6.45, 7) is 5.89. The molecule has 1 aliphatic heterocycles. The van der Waals surface area contributed by atoms with Crippen LogP contribution in [-0.4, -0.2) is 48.6 Å². The third kappa shape index (κ3) is 3.77. The molecule has 5 nitrogen and oxygen atoms in total. The van der Waals surface area contributed by atoms with Crippen LogP contribution in [-0.2, 0) is 11.2 Å². The molecule has 0 atom stereocenters. The lowest BCUT2D eigenvalue weighted by Crippen LogP contribution is -2.49. The molecular formula is C22H25N3O2. The predicted molar refractivity (Wildman–Crippen MR) is 108 cm³/mol. The number of nitrogens with zero attached hydrogens (tertiary/aromatic N) is 2. The van der Waals surface area contributed by atoms with Crippen molar-refractivity contribution >= 4 is 22.5 Å². The molecule has 27 heavy (non-hydrogen) atoms. The van der Waals surface area contributed by atoms with Crippen LogP contribution in [0, 0.1) is 0 Å². The largest absolute Gasteiger partial charge is 0.494 e. The number of fused-ring (bicyclic) bond motifs is 1. The Balaban J connectivity index is 1.35. The molecule has 0 spiro atoms. The van der Waals surface area contributed by atoms with Gasteiger partial charge in [0, 0.05) is 49.0 Å². The zero-order valence-electron chi connectivity index (χ0n) is 15.6. The number of amides is 1. The van der Waals surface area contributed by atoms with E-state index < -0.39 is 0 Å². The number of para-hydroxylation sites is 1. The highest BCUT2D eigenvalue weighted by molar-refractivity contribution is 5.89. The van der Waals surface area contributed by atoms with Gasteiger partial charge in [-0.1, -0.05) is 18.2 Å². The van der Waals surface area contributed by atoms with Gasteiger partial charge in [-0.2, -0.15) is 0 Å². The Kier molecular flexibility index (Phi) is 5.01. The van der Waals surface area contributed by atoms with Crippen LogP contribution in [0.1, 0.15) is 12.5 Å². The highest BCUT2D eigenvalue weighted by Gasteiger charge is 2.22. The molecule has 1 aliphatic rings. The Labute approximate surface area is 159 Å². The van der Waals surface area contributed by atoms with Crippen LogP contribution in [0.5, 0.6) is 5.75 Å². The molecule has 140 valence electrons. The minimum Gasteiger partial charge on any atom is -0.494 e. The van der Waals surface area contributed by atoms with Crippen LogP contribution in [0.2, 0.25) is 0 Å². The Bertz CT molecular complexity index is 909. The number of hydrogen-bond acceptors (Lipinski definition) is 3. The number of ether oxygens (including phenoxy) is 1. The fourth-order valence-corrected chi connectivity index (χ4v) is 3.69. The predicted octanol–water partition coefficient (Wildman–Crippen LogP) is 3.46. The van der Waals surface area contributed by atoms with Crippen LogP contribution in [0.25, 0.3) is 10.9 Å². The summed E-state index contributed by atoms with van der Waals surface area (Å²) < 4.78 is 5.50. The number of aromatic amines is 1. The molecule has 2 aromatic carbocycles. The third-order valence-corrected chi connectivity index (χ3v) is 5.16. The third-order valence-electron chi connectivity index (χ3n) is 5.16. The zero-order chi connectivity index (χ0) is 18.6. The Morgan fingerprint density at radius 1 is 1.04 bits per heavy atom. The number of carbonyl (C=O) groups is 1. The summed E-state index contributed by atoms with van der Waals surface area (Å²) in [4.78, 5) is 20.3. The molecule has 2 heterocycles. The summed E-state index contributed by atoms with van der Waals surface area (Å²) in [7, 11) is 0. The number of nitrogens with one attached hydrogen (secondary N) is 1. The van der Waals surface area contributed by atoms with Crippen molar-refractivity contribution in [2.45, 2.75) is 13.3 Å². The van der Waals surface area contributed by atoms with E-state index in [1.54, 1.807) is 0 Å². The number of H-pyrrole nitrogens is 1. The number of aromatic nitrogens is 1. The minimum atomic E-state index is 0.200. The lowest BCUT2D eigenvalue weighted by atomic mass is 10.1. The second-order valence-electron chi connectivity index (χ2n) is 6.83. The lowest BCUT2D eigenvalue weighted by molar-refractivity contribution is -0.130. The molecule has 0 aliphatic carbocycles. The van der Waals surface area contributed by atoms with E-state index in [1.807, 2.05) is 48.4 Å². The molecule has 1 N–H and O–H groups in total. The SMILES string of the molecule is CCOc1ccc(N2CCN(C(=O)Cc3c[nH]c4ccccc34)CC2)cc1. The molecule has 0 saturated carbocycles. The van der Waals surface area contributed by atoms with Crippen molar-refractivity contribution < 1.29 is 9.53 Å². The standard InChI is InChI=1S/C22H25N3O2/c1-2-27-19-9-7-18(8-10-19)24-11-13-25(14-12-24)22(26)15-17-16-23-21-6-4-3-5-20(17)21/h3-10,16,23H,2,11-15H2,1H3. The van der Waals surface area contributed by atoms with Crippen molar-refractivity contribution in [3.63, 3.8) is 0 Å².